The summed E-state index contributed by atoms with van der Waals surface area (Å²) < 4.78 is 32.6. The third-order valence-electron chi connectivity index (χ3n) is 5.60. The van der Waals surface area contributed by atoms with E-state index in [1.807, 2.05) is 37.3 Å². The Labute approximate surface area is 226 Å². The fourth-order valence-corrected chi connectivity index (χ4v) is 3.64. The largest absolute Gasteiger partial charge is 0.487 e. The van der Waals surface area contributed by atoms with E-state index < -0.39 is 5.97 Å². The molecular weight excluding hydrogens is 502 g/mol. The topological polar surface area (TPSA) is 106 Å². The van der Waals surface area contributed by atoms with Crippen molar-refractivity contribution in [3.63, 3.8) is 0 Å². The first kappa shape index (κ1) is 27.4. The van der Waals surface area contributed by atoms with Crippen LogP contribution in [0.4, 0.5) is 0 Å². The molecule has 1 aromatic heterocycles. The fourth-order valence-electron chi connectivity index (χ4n) is 3.64. The van der Waals surface area contributed by atoms with E-state index in [0.29, 0.717) is 34.4 Å². The number of ketones is 1. The zero-order chi connectivity index (χ0) is 27.6. The van der Waals surface area contributed by atoms with Gasteiger partial charge in [-0.3, -0.25) is 4.79 Å². The van der Waals surface area contributed by atoms with Crippen LogP contribution in [0.25, 0.3) is 11.5 Å². The van der Waals surface area contributed by atoms with E-state index in [9.17, 15) is 9.59 Å². The van der Waals surface area contributed by atoms with Gasteiger partial charge >= 0.3 is 5.97 Å². The van der Waals surface area contributed by atoms with E-state index in [4.69, 9.17) is 28.1 Å². The third kappa shape index (κ3) is 7.24. The minimum absolute atomic E-state index is 0.0213. The monoisotopic (exact) mass is 531 g/mol. The van der Waals surface area contributed by atoms with Gasteiger partial charge in [0.2, 0.25) is 5.89 Å². The first-order chi connectivity index (χ1) is 19.0. The Hall–Kier alpha value is -4.63. The van der Waals surface area contributed by atoms with Crippen LogP contribution >= 0.6 is 0 Å². The van der Waals surface area contributed by atoms with Crippen LogP contribution in [-0.2, 0) is 20.9 Å². The van der Waals surface area contributed by atoms with Gasteiger partial charge in [0.15, 0.2) is 19.2 Å². The smallest absolute Gasteiger partial charge is 0.344 e. The number of methoxy groups -OCH3 is 1. The van der Waals surface area contributed by atoms with Gasteiger partial charge in [-0.15, -0.1) is 0 Å². The predicted molar refractivity (Wildman–Crippen MR) is 142 cm³/mol. The lowest BCUT2D eigenvalue weighted by Gasteiger charge is -2.13. The molecule has 39 heavy (non-hydrogen) atoms. The van der Waals surface area contributed by atoms with Gasteiger partial charge in [0.1, 0.15) is 35.3 Å². The Bertz CT molecular complexity index is 1400. The Kier molecular flexibility index (Phi) is 9.31. The summed E-state index contributed by atoms with van der Waals surface area (Å²) in [6.45, 7) is 3.66. The maximum Gasteiger partial charge on any atom is 0.344 e. The highest BCUT2D eigenvalue weighted by molar-refractivity contribution is 6.10. The molecule has 9 nitrogen and oxygen atoms in total. The maximum atomic E-state index is 13.3. The summed E-state index contributed by atoms with van der Waals surface area (Å²) in [7, 11) is 1.50. The van der Waals surface area contributed by atoms with Crippen molar-refractivity contribution in [2.45, 2.75) is 20.5 Å². The molecule has 0 N–H and O–H groups in total. The summed E-state index contributed by atoms with van der Waals surface area (Å²) in [5.41, 5.74) is 2.26. The van der Waals surface area contributed by atoms with Gasteiger partial charge in [0.05, 0.1) is 12.2 Å². The second-order valence-electron chi connectivity index (χ2n) is 8.33. The number of carbonyl (C=O) groups excluding carboxylic acids is 2. The fraction of sp³-hybridized carbons (Fsp3) is 0.233. The zero-order valence-electron chi connectivity index (χ0n) is 22.0. The molecule has 0 fully saturated rings. The third-order valence-corrected chi connectivity index (χ3v) is 5.60. The molecule has 9 heteroatoms. The minimum Gasteiger partial charge on any atom is -0.487 e. The van der Waals surface area contributed by atoms with Crippen molar-refractivity contribution in [1.29, 1.82) is 0 Å². The Morgan fingerprint density at radius 1 is 0.897 bits per heavy atom. The quantitative estimate of drug-likeness (QED) is 0.128. The summed E-state index contributed by atoms with van der Waals surface area (Å²) in [4.78, 5) is 29.7. The highest BCUT2D eigenvalue weighted by atomic mass is 16.7. The summed E-state index contributed by atoms with van der Waals surface area (Å²) >= 11 is 0. The molecule has 0 spiro atoms. The van der Waals surface area contributed by atoms with Gasteiger partial charge in [-0.25, -0.2) is 9.78 Å². The lowest BCUT2D eigenvalue weighted by atomic mass is 10.0. The van der Waals surface area contributed by atoms with E-state index in [-0.39, 0.29) is 43.7 Å². The average molecular weight is 532 g/mol. The van der Waals surface area contributed by atoms with Crippen molar-refractivity contribution in [3.8, 4) is 28.7 Å². The highest BCUT2D eigenvalue weighted by Gasteiger charge is 2.18. The van der Waals surface area contributed by atoms with Crippen molar-refractivity contribution in [2.24, 2.45) is 0 Å². The molecule has 4 rings (SSSR count). The normalized spacial score (nSPS) is 10.6. The molecule has 0 saturated carbocycles. The van der Waals surface area contributed by atoms with Gasteiger partial charge in [0, 0.05) is 24.3 Å². The van der Waals surface area contributed by atoms with Gasteiger partial charge in [-0.05, 0) is 62.4 Å². The summed E-state index contributed by atoms with van der Waals surface area (Å²) in [6, 6.07) is 21.1. The number of aromatic nitrogens is 1. The molecular formula is C30H29NO8. The van der Waals surface area contributed by atoms with Crippen LogP contribution < -0.4 is 14.2 Å². The molecule has 4 aromatic rings. The van der Waals surface area contributed by atoms with Crippen molar-refractivity contribution >= 4 is 11.8 Å². The van der Waals surface area contributed by atoms with Crippen LogP contribution in [0.5, 0.6) is 17.2 Å². The first-order valence-corrected chi connectivity index (χ1v) is 12.3. The number of hydrogen-bond donors (Lipinski definition) is 0. The molecule has 202 valence electrons. The first-order valence-electron chi connectivity index (χ1n) is 12.3. The van der Waals surface area contributed by atoms with E-state index in [1.54, 1.807) is 43.3 Å². The number of nitrogens with zero attached hydrogens (tertiary/aromatic N) is 1. The van der Waals surface area contributed by atoms with E-state index in [0.717, 1.165) is 5.56 Å². The van der Waals surface area contributed by atoms with Crippen molar-refractivity contribution in [2.75, 3.05) is 27.1 Å². The maximum absolute atomic E-state index is 13.3. The number of carbonyl (C=O) groups is 2. The van der Waals surface area contributed by atoms with Crippen molar-refractivity contribution in [1.82, 2.24) is 4.98 Å². The standard InChI is InChI=1S/C30H29NO8/c1-4-35-28(32)18-37-27-16-24(38-19-34-3)14-15-25(27)29(33)21-10-12-23(13-11-21)36-17-26-20(2)39-30(31-26)22-8-6-5-7-9-22/h5-16H,4,17-19H2,1-3H3. The molecule has 0 atom stereocenters. The number of esters is 1. The second kappa shape index (κ2) is 13.3. The molecule has 0 amide bonds. The minimum atomic E-state index is -0.543. The molecule has 1 heterocycles. The molecule has 0 aliphatic carbocycles. The highest BCUT2D eigenvalue weighted by Crippen LogP contribution is 2.28. The molecule has 0 unspecified atom stereocenters. The summed E-state index contributed by atoms with van der Waals surface area (Å²) in [5, 5.41) is 0. The zero-order valence-corrected chi connectivity index (χ0v) is 22.0. The van der Waals surface area contributed by atoms with Gasteiger partial charge in [-0.1, -0.05) is 18.2 Å². The average Bonchev–Trinajstić information content (AvgIpc) is 3.34. The van der Waals surface area contributed by atoms with Crippen LogP contribution in [-0.4, -0.2) is 43.9 Å². The van der Waals surface area contributed by atoms with E-state index in [2.05, 4.69) is 4.98 Å². The van der Waals surface area contributed by atoms with Gasteiger partial charge < -0.3 is 28.1 Å². The molecule has 3 aromatic carbocycles. The van der Waals surface area contributed by atoms with Crippen LogP contribution in [0, 0.1) is 6.92 Å². The van der Waals surface area contributed by atoms with Crippen LogP contribution in [0.1, 0.15) is 34.3 Å². The van der Waals surface area contributed by atoms with Gasteiger partial charge in [0.25, 0.3) is 0 Å². The van der Waals surface area contributed by atoms with Crippen molar-refractivity contribution in [3.05, 3.63) is 95.4 Å². The van der Waals surface area contributed by atoms with Gasteiger partial charge in [-0.2, -0.15) is 0 Å². The molecule has 0 saturated heterocycles. The molecule has 0 aliphatic rings. The lowest BCUT2D eigenvalue weighted by molar-refractivity contribution is -0.145. The van der Waals surface area contributed by atoms with Crippen LogP contribution in [0.3, 0.4) is 0 Å². The number of aryl methyl sites for hydroxylation is 1. The summed E-state index contributed by atoms with van der Waals surface area (Å²) in [6.07, 6.45) is 0. The number of benzene rings is 3. The molecule has 0 bridgehead atoms. The lowest BCUT2D eigenvalue weighted by Crippen LogP contribution is -2.16. The second-order valence-corrected chi connectivity index (χ2v) is 8.33. The van der Waals surface area contributed by atoms with Crippen molar-refractivity contribution < 1.29 is 37.7 Å². The van der Waals surface area contributed by atoms with E-state index >= 15 is 0 Å². The summed E-state index contributed by atoms with van der Waals surface area (Å²) in [5.74, 6) is 1.56. The number of rotatable bonds is 13. The Morgan fingerprint density at radius 3 is 2.36 bits per heavy atom. The number of ether oxygens (including phenoxy) is 5. The number of hydrogen-bond acceptors (Lipinski definition) is 9. The SMILES string of the molecule is CCOC(=O)COc1cc(OCOC)ccc1C(=O)c1ccc(OCc2nc(-c3ccccc3)oc2C)cc1. The Morgan fingerprint density at radius 2 is 1.64 bits per heavy atom. The number of oxazole rings is 1. The molecule has 0 aliphatic heterocycles. The van der Waals surface area contributed by atoms with E-state index in [1.165, 1.54) is 13.2 Å². The van der Waals surface area contributed by atoms with Crippen LogP contribution in [0.15, 0.2) is 77.2 Å². The van der Waals surface area contributed by atoms with Crippen LogP contribution in [0.2, 0.25) is 0 Å². The Balaban J connectivity index is 1.45. The molecule has 0 radical (unpaired) electrons. The predicted octanol–water partition coefficient (Wildman–Crippen LogP) is 5.38.